The summed E-state index contributed by atoms with van der Waals surface area (Å²) in [4.78, 5) is 22.9. The van der Waals surface area contributed by atoms with Crippen molar-refractivity contribution in [2.75, 3.05) is 54.2 Å². The second-order valence-corrected chi connectivity index (χ2v) is 4.34. The second kappa shape index (κ2) is 10.7. The summed E-state index contributed by atoms with van der Waals surface area (Å²) in [6, 6.07) is 0. The van der Waals surface area contributed by atoms with Gasteiger partial charge in [0.05, 0.1) is 6.61 Å². The van der Waals surface area contributed by atoms with Crippen LogP contribution in [0.4, 0.5) is 0 Å². The molecule has 0 heterocycles. The Kier molecular flexibility index (Phi) is 10.1. The lowest BCUT2D eigenvalue weighted by Crippen LogP contribution is -2.50. The van der Waals surface area contributed by atoms with Crippen molar-refractivity contribution in [2.24, 2.45) is 0 Å². The molecule has 0 aliphatic heterocycles. The van der Waals surface area contributed by atoms with Crippen molar-refractivity contribution in [3.63, 3.8) is 0 Å². The molecule has 0 unspecified atom stereocenters. The number of nitrogens with zero attached hydrogens (tertiary/aromatic N) is 3. The van der Waals surface area contributed by atoms with E-state index in [1.807, 2.05) is 31.1 Å². The molecule has 1 N–H and O–H groups in total. The zero-order valence-electron chi connectivity index (χ0n) is 12.7. The number of ether oxygens (including phenoxy) is 2. The first-order valence-corrected chi connectivity index (χ1v) is 6.44. The number of carbonyl (C=O) groups is 2. The SMILES string of the molecule is CCN(N(C)C)N(C)CC(=O)OCC(=O)CCOCO. The molecule has 0 saturated heterocycles. The highest BCUT2D eigenvalue weighted by molar-refractivity contribution is 5.82. The van der Waals surface area contributed by atoms with Crippen molar-refractivity contribution in [1.82, 2.24) is 15.1 Å². The van der Waals surface area contributed by atoms with Crippen LogP contribution in [0.5, 0.6) is 0 Å². The van der Waals surface area contributed by atoms with Gasteiger partial charge in [0.2, 0.25) is 0 Å². The molecule has 0 atom stereocenters. The van der Waals surface area contributed by atoms with E-state index in [0.29, 0.717) is 6.54 Å². The first-order chi connectivity index (χ1) is 9.42. The minimum atomic E-state index is -0.468. The van der Waals surface area contributed by atoms with Gasteiger partial charge in [0.15, 0.2) is 5.78 Å². The van der Waals surface area contributed by atoms with Gasteiger partial charge in [-0.2, -0.15) is 5.12 Å². The van der Waals surface area contributed by atoms with Gasteiger partial charge in [-0.15, -0.1) is 0 Å². The van der Waals surface area contributed by atoms with Crippen LogP contribution in [0.15, 0.2) is 0 Å². The number of hydrogen-bond donors (Lipinski definition) is 1. The van der Waals surface area contributed by atoms with Crippen LogP contribution in [-0.2, 0) is 19.1 Å². The number of rotatable bonds is 11. The Morgan fingerprint density at radius 2 is 1.85 bits per heavy atom. The Hall–Kier alpha value is -1.06. The summed E-state index contributed by atoms with van der Waals surface area (Å²) < 4.78 is 9.51. The van der Waals surface area contributed by atoms with Gasteiger partial charge in [0.1, 0.15) is 19.9 Å². The number of hydrazine groups is 2. The van der Waals surface area contributed by atoms with Crippen LogP contribution in [0.2, 0.25) is 0 Å². The Bertz CT molecular complexity index is 299. The van der Waals surface area contributed by atoms with E-state index in [2.05, 4.69) is 4.74 Å². The standard InChI is InChI=1S/C12H25N3O5/c1-5-15(13(2)3)14(4)8-12(18)20-9-11(17)6-7-19-10-16/h16H,5-10H2,1-4H3. The molecule has 20 heavy (non-hydrogen) atoms. The molecule has 0 aliphatic carbocycles. The molecule has 0 aromatic carbocycles. The zero-order valence-corrected chi connectivity index (χ0v) is 12.7. The smallest absolute Gasteiger partial charge is 0.322 e. The Balaban J connectivity index is 3.95. The predicted octanol–water partition coefficient (Wildman–Crippen LogP) is -0.899. The molecule has 0 aromatic heterocycles. The van der Waals surface area contributed by atoms with E-state index in [0.717, 1.165) is 0 Å². The van der Waals surface area contributed by atoms with Gasteiger partial charge >= 0.3 is 5.97 Å². The van der Waals surface area contributed by atoms with E-state index in [1.165, 1.54) is 0 Å². The molecule has 0 amide bonds. The third-order valence-electron chi connectivity index (χ3n) is 2.51. The second-order valence-electron chi connectivity index (χ2n) is 4.34. The lowest BCUT2D eigenvalue weighted by Gasteiger charge is -2.34. The summed E-state index contributed by atoms with van der Waals surface area (Å²) >= 11 is 0. The number of esters is 1. The molecular formula is C12H25N3O5. The van der Waals surface area contributed by atoms with E-state index < -0.39 is 12.8 Å². The molecule has 0 spiro atoms. The molecule has 8 heteroatoms. The first kappa shape index (κ1) is 18.9. The number of hydrogen-bond acceptors (Lipinski definition) is 8. The fourth-order valence-corrected chi connectivity index (χ4v) is 1.63. The van der Waals surface area contributed by atoms with Gasteiger partial charge < -0.3 is 14.6 Å². The zero-order chi connectivity index (χ0) is 15.5. The van der Waals surface area contributed by atoms with Gasteiger partial charge in [0, 0.05) is 34.1 Å². The minimum absolute atomic E-state index is 0.0619. The van der Waals surface area contributed by atoms with Crippen LogP contribution < -0.4 is 0 Å². The third-order valence-corrected chi connectivity index (χ3v) is 2.51. The van der Waals surface area contributed by atoms with Crippen LogP contribution >= 0.6 is 0 Å². The predicted molar refractivity (Wildman–Crippen MR) is 72.3 cm³/mol. The highest BCUT2D eigenvalue weighted by Crippen LogP contribution is 1.98. The highest BCUT2D eigenvalue weighted by Gasteiger charge is 2.16. The van der Waals surface area contributed by atoms with Crippen molar-refractivity contribution in [3.05, 3.63) is 0 Å². The van der Waals surface area contributed by atoms with Crippen molar-refractivity contribution >= 4 is 11.8 Å². The van der Waals surface area contributed by atoms with Gasteiger partial charge in [-0.1, -0.05) is 0 Å². The summed E-state index contributed by atoms with van der Waals surface area (Å²) in [5.74, 6) is -0.710. The summed E-state index contributed by atoms with van der Waals surface area (Å²) in [5.41, 5.74) is 0. The van der Waals surface area contributed by atoms with Crippen molar-refractivity contribution < 1.29 is 24.2 Å². The molecular weight excluding hydrogens is 266 g/mol. The highest BCUT2D eigenvalue weighted by atomic mass is 16.6. The number of Topliss-reactive ketones (excluding diaryl/α,β-unsaturated/α-hetero) is 1. The number of aliphatic hydroxyl groups is 1. The van der Waals surface area contributed by atoms with Crippen molar-refractivity contribution in [2.45, 2.75) is 13.3 Å². The summed E-state index contributed by atoms with van der Waals surface area (Å²) in [7, 11) is 5.51. The van der Waals surface area contributed by atoms with Crippen LogP contribution in [0, 0.1) is 0 Å². The molecule has 118 valence electrons. The number of ketones is 1. The van der Waals surface area contributed by atoms with Crippen molar-refractivity contribution in [3.8, 4) is 0 Å². The lowest BCUT2D eigenvalue weighted by molar-refractivity contribution is -0.170. The largest absolute Gasteiger partial charge is 0.457 e. The Morgan fingerprint density at radius 1 is 1.20 bits per heavy atom. The molecule has 0 fully saturated rings. The average Bonchev–Trinajstić information content (AvgIpc) is 2.37. The Labute approximate surface area is 119 Å². The first-order valence-electron chi connectivity index (χ1n) is 6.44. The lowest BCUT2D eigenvalue weighted by atomic mass is 10.3. The molecule has 0 aliphatic rings. The van der Waals surface area contributed by atoms with Crippen LogP contribution in [0.1, 0.15) is 13.3 Å². The molecule has 8 nitrogen and oxygen atoms in total. The molecule has 0 rings (SSSR count). The monoisotopic (exact) mass is 291 g/mol. The molecule has 0 radical (unpaired) electrons. The van der Waals surface area contributed by atoms with Crippen LogP contribution in [0.25, 0.3) is 0 Å². The Morgan fingerprint density at radius 3 is 2.35 bits per heavy atom. The van der Waals surface area contributed by atoms with E-state index >= 15 is 0 Å². The maximum Gasteiger partial charge on any atom is 0.322 e. The van der Waals surface area contributed by atoms with Gasteiger partial charge in [0.25, 0.3) is 0 Å². The topological polar surface area (TPSA) is 82.5 Å². The van der Waals surface area contributed by atoms with E-state index in [1.54, 1.807) is 12.1 Å². The summed E-state index contributed by atoms with van der Waals surface area (Å²) in [6.07, 6.45) is 0.114. The quantitative estimate of drug-likeness (QED) is 0.227. The third kappa shape index (κ3) is 8.18. The van der Waals surface area contributed by atoms with Gasteiger partial charge in [-0.25, -0.2) is 10.0 Å². The van der Waals surface area contributed by atoms with Gasteiger partial charge in [-0.05, 0) is 6.92 Å². The summed E-state index contributed by atoms with van der Waals surface area (Å²) in [5, 5.41) is 13.8. The van der Waals surface area contributed by atoms with E-state index in [-0.39, 0.29) is 32.0 Å². The fourth-order valence-electron chi connectivity index (χ4n) is 1.63. The normalized spacial score (nSPS) is 11.4. The van der Waals surface area contributed by atoms with E-state index in [4.69, 9.17) is 9.84 Å². The maximum absolute atomic E-state index is 11.6. The maximum atomic E-state index is 11.6. The minimum Gasteiger partial charge on any atom is -0.457 e. The number of likely N-dealkylation sites (N-methyl/N-ethyl adjacent to an activating group) is 1. The molecule has 0 bridgehead atoms. The van der Waals surface area contributed by atoms with Crippen molar-refractivity contribution in [1.29, 1.82) is 0 Å². The van der Waals surface area contributed by atoms with Crippen LogP contribution in [0.3, 0.4) is 0 Å². The molecule has 0 saturated carbocycles. The number of aliphatic hydroxyl groups excluding tert-OH is 1. The molecule has 0 aromatic rings. The fraction of sp³-hybridized carbons (Fsp3) is 0.833. The summed E-state index contributed by atoms with van der Waals surface area (Å²) in [6.45, 7) is 2.18. The average molecular weight is 291 g/mol. The number of carbonyl (C=O) groups excluding carboxylic acids is 2. The van der Waals surface area contributed by atoms with Gasteiger partial charge in [-0.3, -0.25) is 9.59 Å². The van der Waals surface area contributed by atoms with Crippen LogP contribution in [-0.4, -0.2) is 86.2 Å². The van der Waals surface area contributed by atoms with E-state index in [9.17, 15) is 9.59 Å².